The molecule has 1 atom stereocenters. The van der Waals surface area contributed by atoms with Crippen LogP contribution in [0.15, 0.2) is 34.3 Å². The van der Waals surface area contributed by atoms with Crippen LogP contribution in [0.25, 0.3) is 0 Å². The van der Waals surface area contributed by atoms with Crippen molar-refractivity contribution in [3.05, 3.63) is 29.8 Å². The van der Waals surface area contributed by atoms with Crippen LogP contribution in [0.5, 0.6) is 0 Å². The summed E-state index contributed by atoms with van der Waals surface area (Å²) in [6, 6.07) is 8.03. The number of fused-ring (bicyclic) bond motifs is 1. The topological polar surface area (TPSA) is 47.9 Å². The number of carbonyl (C=O) groups is 1. The lowest BCUT2D eigenvalue weighted by molar-refractivity contribution is -0.165. The first kappa shape index (κ1) is 15.1. The number of hydrogen-bond acceptors (Lipinski definition) is 5. The first-order valence-corrected chi connectivity index (χ1v) is 7.41. The first-order valence-electron chi connectivity index (χ1n) is 6.53. The monoisotopic (exact) mass is 293 g/mol. The van der Waals surface area contributed by atoms with E-state index in [1.165, 1.54) is 12.0 Å². The van der Waals surface area contributed by atoms with Crippen molar-refractivity contribution in [1.82, 2.24) is 0 Å². The number of methoxy groups -OCH3 is 1. The summed E-state index contributed by atoms with van der Waals surface area (Å²) in [7, 11) is 1.48. The van der Waals surface area contributed by atoms with Crippen molar-refractivity contribution in [3.8, 4) is 0 Å². The van der Waals surface area contributed by atoms with Crippen molar-refractivity contribution in [2.75, 3.05) is 7.11 Å². The highest BCUT2D eigenvalue weighted by molar-refractivity contribution is 8.00. The molecule has 2 rings (SSSR count). The highest BCUT2D eigenvalue weighted by atomic mass is 32.2. The molecule has 0 bridgehead atoms. The van der Waals surface area contributed by atoms with Crippen LogP contribution in [-0.2, 0) is 14.4 Å². The number of hydrogen-bond donors (Lipinski definition) is 0. The molecule has 0 aliphatic carbocycles. The van der Waals surface area contributed by atoms with E-state index in [-0.39, 0.29) is 0 Å². The second-order valence-corrected chi connectivity index (χ2v) is 6.74. The van der Waals surface area contributed by atoms with E-state index >= 15 is 0 Å². The molecule has 1 aliphatic rings. The lowest BCUT2D eigenvalue weighted by Crippen LogP contribution is -2.34. The number of nitrogens with zero attached hydrogens (tertiary/aromatic N) is 1. The average Bonchev–Trinajstić information content (AvgIpc) is 2.44. The van der Waals surface area contributed by atoms with Gasteiger partial charge in [0.05, 0.1) is 5.71 Å². The molecule has 0 spiro atoms. The Bertz CT molecular complexity index is 540. The maximum Gasteiger partial charge on any atom is 0.365 e. The second kappa shape index (κ2) is 5.97. The molecule has 0 N–H and O–H groups in total. The van der Waals surface area contributed by atoms with Crippen molar-refractivity contribution in [3.63, 3.8) is 0 Å². The molecule has 1 aromatic rings. The Morgan fingerprint density at radius 2 is 2.10 bits per heavy atom. The molecule has 1 aromatic carbocycles. The van der Waals surface area contributed by atoms with Gasteiger partial charge in [-0.25, -0.2) is 4.79 Å². The van der Waals surface area contributed by atoms with Gasteiger partial charge in [0.25, 0.3) is 0 Å². The summed E-state index contributed by atoms with van der Waals surface area (Å²) >= 11 is 1.81. The molecule has 0 saturated carbocycles. The normalized spacial score (nSPS) is 20.6. The van der Waals surface area contributed by atoms with Crippen LogP contribution in [0.2, 0.25) is 0 Å². The van der Waals surface area contributed by atoms with Gasteiger partial charge >= 0.3 is 5.97 Å². The third-order valence-electron chi connectivity index (χ3n) is 3.25. The van der Waals surface area contributed by atoms with Crippen molar-refractivity contribution in [2.45, 2.75) is 42.9 Å². The van der Waals surface area contributed by atoms with Crippen molar-refractivity contribution in [1.29, 1.82) is 0 Å². The molecule has 0 radical (unpaired) electrons. The molecule has 0 fully saturated rings. The van der Waals surface area contributed by atoms with E-state index in [0.29, 0.717) is 5.25 Å². The number of carbonyl (C=O) groups excluding carboxylic acids is 1. The fourth-order valence-corrected chi connectivity index (χ4v) is 2.97. The fourth-order valence-electron chi connectivity index (χ4n) is 1.82. The molecular formula is C15H19NO3S. The van der Waals surface area contributed by atoms with Gasteiger partial charge in [-0.1, -0.05) is 30.3 Å². The van der Waals surface area contributed by atoms with Crippen molar-refractivity contribution < 1.29 is 14.4 Å². The maximum absolute atomic E-state index is 11.9. The number of benzene rings is 1. The minimum atomic E-state index is -0.987. The number of thioether (sulfide) groups is 1. The van der Waals surface area contributed by atoms with Crippen LogP contribution in [0.1, 0.15) is 32.8 Å². The van der Waals surface area contributed by atoms with Gasteiger partial charge < -0.3 is 9.57 Å². The molecule has 0 aromatic heterocycles. The molecule has 20 heavy (non-hydrogen) atoms. The average molecular weight is 293 g/mol. The lowest BCUT2D eigenvalue weighted by atomic mass is 10.1. The summed E-state index contributed by atoms with van der Waals surface area (Å²) in [5.74, 6) is -0.490. The minimum absolute atomic E-state index is 0.415. The van der Waals surface area contributed by atoms with E-state index in [1.54, 1.807) is 13.8 Å². The molecule has 1 unspecified atom stereocenters. The Hall–Kier alpha value is -1.33. The molecule has 4 nitrogen and oxygen atoms in total. The van der Waals surface area contributed by atoms with Gasteiger partial charge in [-0.05, 0) is 19.9 Å². The fraction of sp³-hybridized carbons (Fsp3) is 0.467. The number of rotatable bonds is 3. The summed E-state index contributed by atoms with van der Waals surface area (Å²) in [6.07, 6.45) is 0.780. The zero-order chi connectivity index (χ0) is 14.8. The molecule has 108 valence electrons. The molecular weight excluding hydrogens is 274 g/mol. The molecule has 0 amide bonds. The van der Waals surface area contributed by atoms with Crippen LogP contribution in [0.4, 0.5) is 0 Å². The van der Waals surface area contributed by atoms with Gasteiger partial charge in [-0.15, -0.1) is 11.8 Å². The Morgan fingerprint density at radius 3 is 2.80 bits per heavy atom. The summed E-state index contributed by atoms with van der Waals surface area (Å²) in [5.41, 5.74) is 0.865. The minimum Gasteiger partial charge on any atom is -0.367 e. The summed E-state index contributed by atoms with van der Waals surface area (Å²) in [6.45, 7) is 5.45. The predicted octanol–water partition coefficient (Wildman–Crippen LogP) is 3.24. The van der Waals surface area contributed by atoms with Crippen molar-refractivity contribution in [2.24, 2.45) is 5.16 Å². The van der Waals surface area contributed by atoms with Gasteiger partial charge in [0.2, 0.25) is 0 Å². The van der Waals surface area contributed by atoms with E-state index in [2.05, 4.69) is 18.1 Å². The van der Waals surface area contributed by atoms with Crippen LogP contribution in [0, 0.1) is 0 Å². The Kier molecular flexibility index (Phi) is 4.50. The van der Waals surface area contributed by atoms with E-state index in [1.807, 2.05) is 30.0 Å². The standard InChI is InChI=1S/C15H19NO3S/c1-10-9-12(11-7-5-6-8-13(11)20-10)16-19-14(17)15(2,3)18-4/h5-8,10H,9H2,1-4H3/b16-12+. The van der Waals surface area contributed by atoms with E-state index in [9.17, 15) is 4.79 Å². The van der Waals surface area contributed by atoms with Gasteiger partial charge in [0.1, 0.15) is 0 Å². The Balaban J connectivity index is 2.21. The van der Waals surface area contributed by atoms with Crippen LogP contribution in [0.3, 0.4) is 0 Å². The van der Waals surface area contributed by atoms with Crippen molar-refractivity contribution >= 4 is 23.4 Å². The Morgan fingerprint density at radius 1 is 1.40 bits per heavy atom. The highest BCUT2D eigenvalue weighted by Crippen LogP contribution is 2.35. The number of ether oxygens (including phenoxy) is 1. The molecule has 5 heteroatoms. The van der Waals surface area contributed by atoms with Crippen LogP contribution < -0.4 is 0 Å². The maximum atomic E-state index is 11.9. The summed E-state index contributed by atoms with van der Waals surface area (Å²) in [4.78, 5) is 18.1. The zero-order valence-corrected chi connectivity index (χ0v) is 13.0. The molecule has 1 heterocycles. The third kappa shape index (κ3) is 3.22. The third-order valence-corrected chi connectivity index (χ3v) is 4.43. The lowest BCUT2D eigenvalue weighted by Gasteiger charge is -2.23. The molecule has 1 aliphatic heterocycles. The second-order valence-electron chi connectivity index (χ2n) is 5.26. The molecule has 0 saturated heterocycles. The van der Waals surface area contributed by atoms with E-state index in [0.717, 1.165) is 17.7 Å². The van der Waals surface area contributed by atoms with E-state index in [4.69, 9.17) is 9.57 Å². The summed E-state index contributed by atoms with van der Waals surface area (Å²) in [5, 5.41) is 4.48. The van der Waals surface area contributed by atoms with Gasteiger partial charge in [0, 0.05) is 29.2 Å². The highest BCUT2D eigenvalue weighted by Gasteiger charge is 2.30. The Labute approximate surface area is 123 Å². The van der Waals surface area contributed by atoms with Crippen LogP contribution >= 0.6 is 11.8 Å². The van der Waals surface area contributed by atoms with E-state index < -0.39 is 11.6 Å². The largest absolute Gasteiger partial charge is 0.367 e. The zero-order valence-electron chi connectivity index (χ0n) is 12.2. The first-order chi connectivity index (χ1) is 9.44. The predicted molar refractivity (Wildman–Crippen MR) is 80.1 cm³/mol. The van der Waals surface area contributed by atoms with Crippen LogP contribution in [-0.4, -0.2) is 29.6 Å². The summed E-state index contributed by atoms with van der Waals surface area (Å²) < 4.78 is 5.08. The van der Waals surface area contributed by atoms with Gasteiger partial charge in [-0.3, -0.25) is 0 Å². The number of oxime groups is 1. The quantitative estimate of drug-likeness (QED) is 0.634. The van der Waals surface area contributed by atoms with Gasteiger partial charge in [-0.2, -0.15) is 0 Å². The SMILES string of the molecule is COC(C)(C)C(=O)O/N=C1\CC(C)Sc2ccccc21. The van der Waals surface area contributed by atoms with Gasteiger partial charge in [0.15, 0.2) is 5.60 Å². The smallest absolute Gasteiger partial charge is 0.365 e.